The largest absolute Gasteiger partial charge is 0.493 e. The number of hydrogen-bond donors (Lipinski definition) is 1. The summed E-state index contributed by atoms with van der Waals surface area (Å²) in [5.74, 6) is 3.08. The van der Waals surface area contributed by atoms with Gasteiger partial charge in [0.05, 0.1) is 19.8 Å². The van der Waals surface area contributed by atoms with Crippen LogP contribution in [0.15, 0.2) is 18.2 Å². The van der Waals surface area contributed by atoms with E-state index in [-0.39, 0.29) is 0 Å². The van der Waals surface area contributed by atoms with Gasteiger partial charge in [-0.15, -0.1) is 0 Å². The predicted molar refractivity (Wildman–Crippen MR) is 109 cm³/mol. The van der Waals surface area contributed by atoms with Crippen LogP contribution < -0.4 is 14.8 Å². The average Bonchev–Trinajstić information content (AvgIpc) is 2.63. The molecule has 5 heteroatoms. The predicted octanol–water partition coefficient (Wildman–Crippen LogP) is 3.83. The Morgan fingerprint density at radius 1 is 1.26 bits per heavy atom. The summed E-state index contributed by atoms with van der Waals surface area (Å²) in [5.41, 5.74) is 1.18. The van der Waals surface area contributed by atoms with E-state index in [2.05, 4.69) is 43.1 Å². The van der Waals surface area contributed by atoms with Crippen LogP contribution in [0, 0.1) is 23.2 Å². The first kappa shape index (κ1) is 21.5. The lowest BCUT2D eigenvalue weighted by molar-refractivity contribution is 0.130. The minimum absolute atomic E-state index is 0.435. The second-order valence-electron chi connectivity index (χ2n) is 8.04. The molecule has 0 radical (unpaired) electrons. The highest BCUT2D eigenvalue weighted by atomic mass is 16.5. The summed E-state index contributed by atoms with van der Waals surface area (Å²) < 4.78 is 11.2. The van der Waals surface area contributed by atoms with Gasteiger partial charge < -0.3 is 19.7 Å². The lowest BCUT2D eigenvalue weighted by Gasteiger charge is -2.36. The molecule has 1 saturated heterocycles. The number of rotatable bonds is 10. The van der Waals surface area contributed by atoms with Crippen LogP contribution in [0.5, 0.6) is 11.5 Å². The molecule has 1 N–H and O–H groups in total. The molecule has 0 saturated carbocycles. The molecule has 1 aromatic carbocycles. The topological polar surface area (TPSA) is 57.5 Å². The van der Waals surface area contributed by atoms with Gasteiger partial charge in [0.25, 0.3) is 0 Å². The van der Waals surface area contributed by atoms with Gasteiger partial charge in [-0.1, -0.05) is 19.9 Å². The standard InChI is InChI=1S/C22H35N3O2/c1-17-11-18(2)15-25(14-17)16-19(3)24-13-20-7-8-21(26-4)22(12-20)27-10-6-5-9-23/h7-8,12,17-19,24H,5-6,10-11,13-16H2,1-4H3. The zero-order valence-corrected chi connectivity index (χ0v) is 17.3. The van der Waals surface area contributed by atoms with Crippen LogP contribution in [0.4, 0.5) is 0 Å². The molecule has 0 spiro atoms. The SMILES string of the molecule is COc1ccc(CNC(C)CN2CC(C)CC(C)C2)cc1OCCCC#N. The second-order valence-corrected chi connectivity index (χ2v) is 8.04. The van der Waals surface area contributed by atoms with Crippen molar-refractivity contribution in [3.05, 3.63) is 23.8 Å². The van der Waals surface area contributed by atoms with Gasteiger partial charge in [0.15, 0.2) is 11.5 Å². The van der Waals surface area contributed by atoms with Crippen LogP contribution in [-0.2, 0) is 6.54 Å². The number of nitrogens with one attached hydrogen (secondary N) is 1. The summed E-state index contributed by atoms with van der Waals surface area (Å²) in [6.07, 6.45) is 2.59. The number of unbranched alkanes of at least 4 members (excludes halogenated alkanes) is 1. The number of methoxy groups -OCH3 is 1. The minimum Gasteiger partial charge on any atom is -0.493 e. The Morgan fingerprint density at radius 3 is 2.67 bits per heavy atom. The molecule has 3 atom stereocenters. The molecule has 3 unspecified atom stereocenters. The summed E-state index contributed by atoms with van der Waals surface area (Å²) in [6.45, 7) is 11.8. The van der Waals surface area contributed by atoms with Crippen LogP contribution in [0.2, 0.25) is 0 Å². The van der Waals surface area contributed by atoms with Crippen molar-refractivity contribution in [1.82, 2.24) is 10.2 Å². The summed E-state index contributed by atoms with van der Waals surface area (Å²) in [4.78, 5) is 2.59. The first-order chi connectivity index (χ1) is 13.0. The number of likely N-dealkylation sites (tertiary alicyclic amines) is 1. The first-order valence-corrected chi connectivity index (χ1v) is 10.1. The van der Waals surface area contributed by atoms with E-state index < -0.39 is 0 Å². The quantitative estimate of drug-likeness (QED) is 0.632. The fraction of sp³-hybridized carbons (Fsp3) is 0.682. The lowest BCUT2D eigenvalue weighted by Crippen LogP contribution is -2.45. The normalized spacial score (nSPS) is 21.4. The van der Waals surface area contributed by atoms with Crippen molar-refractivity contribution in [1.29, 1.82) is 5.26 Å². The number of hydrogen-bond acceptors (Lipinski definition) is 5. The molecule has 1 aliphatic rings. The van der Waals surface area contributed by atoms with Crippen molar-refractivity contribution in [2.45, 2.75) is 52.6 Å². The first-order valence-electron chi connectivity index (χ1n) is 10.1. The Kier molecular flexibility index (Phi) is 8.90. The van der Waals surface area contributed by atoms with Gasteiger partial charge in [-0.3, -0.25) is 0 Å². The van der Waals surface area contributed by atoms with E-state index in [0.717, 1.165) is 42.8 Å². The Labute approximate surface area is 164 Å². The molecule has 0 aromatic heterocycles. The van der Waals surface area contributed by atoms with Gasteiger partial charge in [-0.25, -0.2) is 0 Å². The monoisotopic (exact) mass is 373 g/mol. The molecular weight excluding hydrogens is 338 g/mol. The maximum atomic E-state index is 8.63. The maximum Gasteiger partial charge on any atom is 0.161 e. The van der Waals surface area contributed by atoms with E-state index in [1.165, 1.54) is 25.1 Å². The molecule has 5 nitrogen and oxygen atoms in total. The second kappa shape index (κ2) is 11.2. The minimum atomic E-state index is 0.435. The van der Waals surface area contributed by atoms with E-state index in [1.54, 1.807) is 7.11 Å². The highest BCUT2D eigenvalue weighted by Gasteiger charge is 2.22. The van der Waals surface area contributed by atoms with E-state index in [9.17, 15) is 0 Å². The number of benzene rings is 1. The molecule has 1 fully saturated rings. The van der Waals surface area contributed by atoms with Gasteiger partial charge in [0, 0.05) is 38.6 Å². The third-order valence-electron chi connectivity index (χ3n) is 5.05. The molecule has 27 heavy (non-hydrogen) atoms. The Morgan fingerprint density at radius 2 is 2.00 bits per heavy atom. The number of ether oxygens (including phenoxy) is 2. The van der Waals surface area contributed by atoms with Crippen molar-refractivity contribution < 1.29 is 9.47 Å². The number of nitrogens with zero attached hydrogens (tertiary/aromatic N) is 2. The highest BCUT2D eigenvalue weighted by Crippen LogP contribution is 2.28. The van der Waals surface area contributed by atoms with Crippen molar-refractivity contribution in [2.75, 3.05) is 33.4 Å². The highest BCUT2D eigenvalue weighted by molar-refractivity contribution is 5.43. The molecule has 0 amide bonds. The van der Waals surface area contributed by atoms with Crippen LogP contribution in [-0.4, -0.2) is 44.3 Å². The summed E-state index contributed by atoms with van der Waals surface area (Å²) in [6, 6.07) is 8.64. The van der Waals surface area contributed by atoms with Crippen molar-refractivity contribution in [3.63, 3.8) is 0 Å². The van der Waals surface area contributed by atoms with E-state index in [4.69, 9.17) is 14.7 Å². The van der Waals surface area contributed by atoms with Crippen molar-refractivity contribution in [2.24, 2.45) is 11.8 Å². The third-order valence-corrected chi connectivity index (χ3v) is 5.05. The molecule has 2 rings (SSSR count). The van der Waals surface area contributed by atoms with Gasteiger partial charge in [-0.05, 0) is 49.3 Å². The number of nitriles is 1. The summed E-state index contributed by atoms with van der Waals surface area (Å²) in [5, 5.41) is 12.3. The van der Waals surface area contributed by atoms with E-state index in [0.29, 0.717) is 19.1 Å². The molecule has 1 heterocycles. The average molecular weight is 374 g/mol. The summed E-state index contributed by atoms with van der Waals surface area (Å²) >= 11 is 0. The fourth-order valence-electron chi connectivity index (χ4n) is 3.96. The lowest BCUT2D eigenvalue weighted by atomic mass is 9.92. The Hall–Kier alpha value is -1.77. The fourth-order valence-corrected chi connectivity index (χ4v) is 3.96. The summed E-state index contributed by atoms with van der Waals surface area (Å²) in [7, 11) is 1.65. The van der Waals surface area contributed by atoms with Crippen molar-refractivity contribution in [3.8, 4) is 17.6 Å². The zero-order valence-electron chi connectivity index (χ0n) is 17.3. The van der Waals surface area contributed by atoms with Gasteiger partial charge in [0.1, 0.15) is 0 Å². The Bertz CT molecular complexity index is 604. The number of piperidine rings is 1. The third kappa shape index (κ3) is 7.40. The van der Waals surface area contributed by atoms with Gasteiger partial charge in [-0.2, -0.15) is 5.26 Å². The van der Waals surface area contributed by atoms with E-state index >= 15 is 0 Å². The van der Waals surface area contributed by atoms with E-state index in [1.807, 2.05) is 12.1 Å². The molecule has 1 aromatic rings. The molecule has 0 bridgehead atoms. The maximum absolute atomic E-state index is 8.63. The molecular formula is C22H35N3O2. The smallest absolute Gasteiger partial charge is 0.161 e. The Balaban J connectivity index is 1.84. The van der Waals surface area contributed by atoms with Crippen molar-refractivity contribution >= 4 is 0 Å². The van der Waals surface area contributed by atoms with Crippen LogP contribution in [0.3, 0.4) is 0 Å². The van der Waals surface area contributed by atoms with Gasteiger partial charge in [0.2, 0.25) is 0 Å². The molecule has 1 aliphatic heterocycles. The van der Waals surface area contributed by atoms with Crippen LogP contribution >= 0.6 is 0 Å². The van der Waals surface area contributed by atoms with Crippen LogP contribution in [0.25, 0.3) is 0 Å². The zero-order chi connectivity index (χ0) is 19.6. The molecule has 0 aliphatic carbocycles. The van der Waals surface area contributed by atoms with Crippen LogP contribution in [0.1, 0.15) is 45.6 Å². The molecule has 150 valence electrons. The van der Waals surface area contributed by atoms with Gasteiger partial charge >= 0.3 is 0 Å².